The summed E-state index contributed by atoms with van der Waals surface area (Å²) in [5, 5.41) is 12.1. The summed E-state index contributed by atoms with van der Waals surface area (Å²) < 4.78 is 0. The number of rotatable bonds is 5. The molecule has 1 aromatic carbocycles. The van der Waals surface area contributed by atoms with Gasteiger partial charge < -0.3 is 10.3 Å². The first-order chi connectivity index (χ1) is 11.8. The summed E-state index contributed by atoms with van der Waals surface area (Å²) in [5.41, 5.74) is 2.44. The van der Waals surface area contributed by atoms with E-state index in [0.717, 1.165) is 34.9 Å². The first-order valence-electron chi connectivity index (χ1n) is 8.59. The molecule has 3 rings (SSSR count). The number of benzene rings is 1. The number of amides is 1. The number of ketones is 1. The topological polar surface area (TPSA) is 89.1 Å². The Morgan fingerprint density at radius 3 is 2.84 bits per heavy atom. The van der Waals surface area contributed by atoms with Crippen molar-refractivity contribution >= 4 is 28.6 Å². The van der Waals surface area contributed by atoms with Crippen molar-refractivity contribution in [2.45, 2.75) is 45.1 Å². The van der Waals surface area contributed by atoms with Crippen LogP contribution in [0.5, 0.6) is 0 Å². The first kappa shape index (κ1) is 17.2. The average molecular weight is 340 g/mol. The van der Waals surface area contributed by atoms with Crippen LogP contribution in [0.4, 0.5) is 0 Å². The zero-order chi connectivity index (χ0) is 18.2. The van der Waals surface area contributed by atoms with Crippen LogP contribution in [0.1, 0.15) is 49.0 Å². The van der Waals surface area contributed by atoms with Crippen LogP contribution in [-0.4, -0.2) is 40.1 Å². The molecule has 1 aliphatic rings. The number of fused-ring (bicyclic) bond motifs is 1. The van der Waals surface area contributed by atoms with Crippen LogP contribution >= 0.6 is 0 Å². The maximum absolute atomic E-state index is 12.0. The number of carbonyl (C=O) groups excluding carboxylic acids is 2. The third-order valence-corrected chi connectivity index (χ3v) is 5.03. The van der Waals surface area contributed by atoms with E-state index in [1.54, 1.807) is 7.05 Å². The molecule has 132 valence electrons. The summed E-state index contributed by atoms with van der Waals surface area (Å²) in [6.45, 7) is 3.84. The highest BCUT2D eigenvalue weighted by atomic mass is 16.2. The predicted octanol–water partition coefficient (Wildman–Crippen LogP) is 2.84. The molecule has 1 fully saturated rings. The number of Topliss-reactive ketones (excluding diaryl/α,β-unsaturated/α-hetero) is 1. The summed E-state index contributed by atoms with van der Waals surface area (Å²) in [4.78, 5) is 28.6. The van der Waals surface area contributed by atoms with Crippen molar-refractivity contribution in [2.24, 2.45) is 0 Å². The lowest BCUT2D eigenvalue weighted by atomic mass is 9.88. The minimum atomic E-state index is -0.429. The summed E-state index contributed by atoms with van der Waals surface area (Å²) >= 11 is 0. The Bertz CT molecular complexity index is 834. The van der Waals surface area contributed by atoms with Crippen LogP contribution in [0, 0.1) is 5.41 Å². The normalized spacial score (nSPS) is 20.8. The zero-order valence-corrected chi connectivity index (χ0v) is 14.9. The Hall–Kier alpha value is -2.63. The number of hydrogen-bond acceptors (Lipinski definition) is 3. The number of guanidine groups is 1. The van der Waals surface area contributed by atoms with Gasteiger partial charge in [0.1, 0.15) is 0 Å². The molecule has 6 heteroatoms. The van der Waals surface area contributed by atoms with Crippen LogP contribution < -0.4 is 5.32 Å². The highest BCUT2D eigenvalue weighted by Crippen LogP contribution is 2.27. The van der Waals surface area contributed by atoms with Crippen molar-refractivity contribution in [1.82, 2.24) is 15.2 Å². The van der Waals surface area contributed by atoms with Gasteiger partial charge in [0.2, 0.25) is 5.91 Å². The monoisotopic (exact) mass is 340 g/mol. The van der Waals surface area contributed by atoms with E-state index in [1.807, 2.05) is 38.2 Å². The smallest absolute Gasteiger partial charge is 0.231 e. The molecule has 1 unspecified atom stereocenters. The molecule has 1 atom stereocenters. The summed E-state index contributed by atoms with van der Waals surface area (Å²) in [6.07, 6.45) is 4.32. The Kier molecular flexibility index (Phi) is 4.37. The van der Waals surface area contributed by atoms with Gasteiger partial charge >= 0.3 is 0 Å². The van der Waals surface area contributed by atoms with Crippen molar-refractivity contribution in [2.75, 3.05) is 7.05 Å². The lowest BCUT2D eigenvalue weighted by molar-refractivity contribution is -0.129. The largest absolute Gasteiger partial charge is 0.361 e. The highest BCUT2D eigenvalue weighted by molar-refractivity contribution is 6.00. The number of aromatic amines is 1. The molecule has 0 bridgehead atoms. The summed E-state index contributed by atoms with van der Waals surface area (Å²) in [5.74, 6) is 0.242. The van der Waals surface area contributed by atoms with Gasteiger partial charge in [0.25, 0.3) is 0 Å². The van der Waals surface area contributed by atoms with Crippen LogP contribution in [-0.2, 0) is 11.2 Å². The SMILES string of the molecule is CCC(=O)c1ccc2[nH]cc(CCC3(C)CC(=O)N(C)C(=N)N3)c2c1. The molecule has 2 heterocycles. The van der Waals surface area contributed by atoms with Gasteiger partial charge in [-0.25, -0.2) is 0 Å². The van der Waals surface area contributed by atoms with Gasteiger partial charge in [-0.1, -0.05) is 6.92 Å². The molecule has 3 N–H and O–H groups in total. The molecule has 0 aliphatic carbocycles. The van der Waals surface area contributed by atoms with Gasteiger partial charge in [-0.05, 0) is 43.5 Å². The molecular formula is C19H24N4O2. The van der Waals surface area contributed by atoms with E-state index in [-0.39, 0.29) is 17.6 Å². The maximum Gasteiger partial charge on any atom is 0.231 e. The zero-order valence-electron chi connectivity index (χ0n) is 14.9. The number of H-pyrrole nitrogens is 1. The lowest BCUT2D eigenvalue weighted by Crippen LogP contribution is -2.60. The number of aromatic nitrogens is 1. The van der Waals surface area contributed by atoms with Gasteiger partial charge in [0.15, 0.2) is 11.7 Å². The molecule has 1 aromatic heterocycles. The van der Waals surface area contributed by atoms with Crippen LogP contribution in [0.2, 0.25) is 0 Å². The van der Waals surface area contributed by atoms with E-state index in [2.05, 4.69) is 10.3 Å². The number of carbonyl (C=O) groups is 2. The van der Waals surface area contributed by atoms with Gasteiger partial charge in [-0.3, -0.25) is 19.9 Å². The number of hydrogen-bond donors (Lipinski definition) is 3. The molecule has 0 radical (unpaired) electrons. The molecule has 0 saturated carbocycles. The van der Waals surface area contributed by atoms with Crippen molar-refractivity contribution < 1.29 is 9.59 Å². The van der Waals surface area contributed by atoms with Crippen molar-refractivity contribution in [3.63, 3.8) is 0 Å². The van der Waals surface area contributed by atoms with Gasteiger partial charge in [0.05, 0.1) is 6.42 Å². The fraction of sp³-hybridized carbons (Fsp3) is 0.421. The second-order valence-corrected chi connectivity index (χ2v) is 7.01. The van der Waals surface area contributed by atoms with Crippen LogP contribution in [0.3, 0.4) is 0 Å². The van der Waals surface area contributed by atoms with Gasteiger partial charge in [-0.2, -0.15) is 0 Å². The van der Waals surface area contributed by atoms with E-state index in [9.17, 15) is 9.59 Å². The quantitative estimate of drug-likeness (QED) is 0.731. The third kappa shape index (κ3) is 3.29. The molecule has 1 saturated heterocycles. The minimum Gasteiger partial charge on any atom is -0.361 e. The Morgan fingerprint density at radius 1 is 1.40 bits per heavy atom. The Morgan fingerprint density at radius 2 is 2.16 bits per heavy atom. The molecule has 25 heavy (non-hydrogen) atoms. The fourth-order valence-electron chi connectivity index (χ4n) is 3.32. The van der Waals surface area contributed by atoms with E-state index < -0.39 is 5.54 Å². The second-order valence-electron chi connectivity index (χ2n) is 7.01. The minimum absolute atomic E-state index is 0.0407. The summed E-state index contributed by atoms with van der Waals surface area (Å²) in [6, 6.07) is 5.75. The number of nitrogens with one attached hydrogen (secondary N) is 3. The Labute approximate surface area is 147 Å². The average Bonchev–Trinajstić information content (AvgIpc) is 2.99. The van der Waals surface area contributed by atoms with E-state index in [4.69, 9.17) is 5.41 Å². The van der Waals surface area contributed by atoms with E-state index in [0.29, 0.717) is 12.8 Å². The molecule has 1 aliphatic heterocycles. The van der Waals surface area contributed by atoms with Crippen LogP contribution in [0.25, 0.3) is 10.9 Å². The van der Waals surface area contributed by atoms with E-state index >= 15 is 0 Å². The third-order valence-electron chi connectivity index (χ3n) is 5.03. The Balaban J connectivity index is 1.80. The molecule has 6 nitrogen and oxygen atoms in total. The molecule has 2 aromatic rings. The molecule has 0 spiro atoms. The standard InChI is InChI=1S/C19H24N4O2/c1-4-16(24)12-5-6-15-14(9-12)13(11-21-15)7-8-19(2)10-17(25)23(3)18(20)22-19/h5-6,9,11,21H,4,7-8,10H2,1-3H3,(H2,20,22). The number of nitrogens with zero attached hydrogens (tertiary/aromatic N) is 1. The first-order valence-corrected chi connectivity index (χ1v) is 8.59. The number of aryl methyl sites for hydroxylation is 1. The highest BCUT2D eigenvalue weighted by Gasteiger charge is 2.36. The fourth-order valence-corrected chi connectivity index (χ4v) is 3.32. The molecular weight excluding hydrogens is 316 g/mol. The summed E-state index contributed by atoms with van der Waals surface area (Å²) in [7, 11) is 1.61. The van der Waals surface area contributed by atoms with Crippen LogP contribution in [0.15, 0.2) is 24.4 Å². The van der Waals surface area contributed by atoms with E-state index in [1.165, 1.54) is 4.90 Å². The van der Waals surface area contributed by atoms with Crippen molar-refractivity contribution in [1.29, 1.82) is 5.41 Å². The lowest BCUT2D eigenvalue weighted by Gasteiger charge is -2.39. The van der Waals surface area contributed by atoms with Crippen molar-refractivity contribution in [3.8, 4) is 0 Å². The second kappa shape index (κ2) is 6.35. The van der Waals surface area contributed by atoms with Gasteiger partial charge in [-0.15, -0.1) is 0 Å². The van der Waals surface area contributed by atoms with Crippen molar-refractivity contribution in [3.05, 3.63) is 35.5 Å². The predicted molar refractivity (Wildman–Crippen MR) is 97.9 cm³/mol. The molecule has 1 amide bonds. The van der Waals surface area contributed by atoms with Gasteiger partial charge in [0, 0.05) is 41.7 Å². The maximum atomic E-state index is 12.0.